The van der Waals surface area contributed by atoms with Gasteiger partial charge in [-0.3, -0.25) is 4.79 Å². The number of piperidine rings is 1. The van der Waals surface area contributed by atoms with Crippen molar-refractivity contribution in [3.8, 4) is 0 Å². The highest BCUT2D eigenvalue weighted by molar-refractivity contribution is 5.94. The number of hydrogen-bond donors (Lipinski definition) is 1. The first-order valence-electron chi connectivity index (χ1n) is 9.41. The van der Waals surface area contributed by atoms with Crippen molar-refractivity contribution in [1.29, 1.82) is 0 Å². The van der Waals surface area contributed by atoms with Gasteiger partial charge in [0.05, 0.1) is 11.7 Å². The van der Waals surface area contributed by atoms with Gasteiger partial charge in [0.1, 0.15) is 0 Å². The maximum absolute atomic E-state index is 12.9. The highest BCUT2D eigenvalue weighted by Crippen LogP contribution is 2.35. The van der Waals surface area contributed by atoms with Gasteiger partial charge < -0.3 is 14.7 Å². The van der Waals surface area contributed by atoms with Crippen molar-refractivity contribution in [2.75, 3.05) is 19.7 Å². The quantitative estimate of drug-likeness (QED) is 0.862. The molecule has 130 valence electrons. The number of carbonyl (C=O) groups excluding carboxylic acids is 1. The first kappa shape index (κ1) is 16.1. The van der Waals surface area contributed by atoms with Gasteiger partial charge in [0.25, 0.3) is 5.91 Å². The lowest BCUT2D eigenvalue weighted by atomic mass is 9.82. The molecule has 0 aromatic heterocycles. The standard InChI is InChI=1S/C20H27NO3/c22-18-6-3-13-24-20(18)9-11-21(12-10-20)19(23)17-8-7-15-4-1-2-5-16(15)14-17/h7-8,14,18,22H,1-6,9-13H2/t18-/m1/s1. The molecule has 3 aliphatic rings. The van der Waals surface area contributed by atoms with Crippen LogP contribution in [0.3, 0.4) is 0 Å². The van der Waals surface area contributed by atoms with Gasteiger partial charge in [-0.2, -0.15) is 0 Å². The third-order valence-corrected chi connectivity index (χ3v) is 6.11. The van der Waals surface area contributed by atoms with Crippen LogP contribution in [0.5, 0.6) is 0 Å². The van der Waals surface area contributed by atoms with Crippen LogP contribution in [-0.2, 0) is 17.6 Å². The Morgan fingerprint density at radius 2 is 1.88 bits per heavy atom. The Labute approximate surface area is 143 Å². The van der Waals surface area contributed by atoms with E-state index in [9.17, 15) is 9.90 Å². The van der Waals surface area contributed by atoms with Crippen LogP contribution < -0.4 is 0 Å². The Kier molecular flexibility index (Phi) is 4.35. The highest BCUT2D eigenvalue weighted by Gasteiger charge is 2.44. The van der Waals surface area contributed by atoms with Crippen LogP contribution >= 0.6 is 0 Å². The molecule has 1 atom stereocenters. The smallest absolute Gasteiger partial charge is 0.253 e. The number of aryl methyl sites for hydroxylation is 2. The molecule has 4 nitrogen and oxygen atoms in total. The van der Waals surface area contributed by atoms with E-state index in [1.54, 1.807) is 0 Å². The van der Waals surface area contributed by atoms with Crippen molar-refractivity contribution in [1.82, 2.24) is 4.90 Å². The Morgan fingerprint density at radius 1 is 1.12 bits per heavy atom. The molecule has 2 heterocycles. The number of nitrogens with zero attached hydrogens (tertiary/aromatic N) is 1. The monoisotopic (exact) mass is 329 g/mol. The van der Waals surface area contributed by atoms with Crippen LogP contribution in [-0.4, -0.2) is 47.3 Å². The molecule has 0 saturated carbocycles. The molecule has 0 bridgehead atoms. The molecule has 2 saturated heterocycles. The maximum Gasteiger partial charge on any atom is 0.253 e. The average Bonchev–Trinajstić information content (AvgIpc) is 2.64. The Morgan fingerprint density at radius 3 is 2.62 bits per heavy atom. The van der Waals surface area contributed by atoms with Gasteiger partial charge in [-0.15, -0.1) is 0 Å². The van der Waals surface area contributed by atoms with Crippen LogP contribution in [0.15, 0.2) is 18.2 Å². The van der Waals surface area contributed by atoms with Crippen LogP contribution in [0.25, 0.3) is 0 Å². The van der Waals surface area contributed by atoms with Crippen LogP contribution in [0.2, 0.25) is 0 Å². The number of rotatable bonds is 1. The number of hydrogen-bond acceptors (Lipinski definition) is 3. The van der Waals surface area contributed by atoms with E-state index in [0.29, 0.717) is 13.1 Å². The third kappa shape index (κ3) is 2.86. The molecule has 1 aromatic carbocycles. The van der Waals surface area contributed by atoms with E-state index in [2.05, 4.69) is 12.1 Å². The highest BCUT2D eigenvalue weighted by atomic mass is 16.5. The lowest BCUT2D eigenvalue weighted by Gasteiger charge is -2.46. The van der Waals surface area contributed by atoms with Crippen molar-refractivity contribution >= 4 is 5.91 Å². The second-order valence-electron chi connectivity index (χ2n) is 7.55. The molecule has 24 heavy (non-hydrogen) atoms. The minimum Gasteiger partial charge on any atom is -0.390 e. The summed E-state index contributed by atoms with van der Waals surface area (Å²) < 4.78 is 5.94. The minimum absolute atomic E-state index is 0.128. The van der Waals surface area contributed by atoms with Crippen molar-refractivity contribution in [2.24, 2.45) is 0 Å². The van der Waals surface area contributed by atoms with E-state index < -0.39 is 5.60 Å². The second-order valence-corrected chi connectivity index (χ2v) is 7.55. The van der Waals surface area contributed by atoms with E-state index in [1.165, 1.54) is 24.0 Å². The molecule has 0 radical (unpaired) electrons. The van der Waals surface area contributed by atoms with Crippen molar-refractivity contribution in [2.45, 2.75) is 63.1 Å². The van der Waals surface area contributed by atoms with Gasteiger partial charge in [-0.25, -0.2) is 0 Å². The average molecular weight is 329 g/mol. The van der Waals surface area contributed by atoms with Gasteiger partial charge in [0.2, 0.25) is 0 Å². The van der Waals surface area contributed by atoms with Gasteiger partial charge in [-0.1, -0.05) is 6.07 Å². The number of fused-ring (bicyclic) bond motifs is 1. The van der Waals surface area contributed by atoms with Crippen LogP contribution in [0.1, 0.15) is 60.0 Å². The van der Waals surface area contributed by atoms with Crippen LogP contribution in [0.4, 0.5) is 0 Å². The molecule has 1 aliphatic carbocycles. The first-order valence-corrected chi connectivity index (χ1v) is 9.41. The third-order valence-electron chi connectivity index (χ3n) is 6.11. The summed E-state index contributed by atoms with van der Waals surface area (Å²) in [5.41, 5.74) is 3.17. The fraction of sp³-hybridized carbons (Fsp3) is 0.650. The maximum atomic E-state index is 12.9. The number of amides is 1. The van der Waals surface area contributed by atoms with E-state index >= 15 is 0 Å². The van der Waals surface area contributed by atoms with Crippen molar-refractivity contribution in [3.63, 3.8) is 0 Å². The van der Waals surface area contributed by atoms with Gasteiger partial charge in [0, 0.05) is 25.3 Å². The molecule has 1 spiro atoms. The molecule has 1 N–H and O–H groups in total. The second kappa shape index (κ2) is 6.49. The number of benzene rings is 1. The number of aliphatic hydroxyl groups excluding tert-OH is 1. The lowest BCUT2D eigenvalue weighted by molar-refractivity contribution is -0.174. The fourth-order valence-electron chi connectivity index (χ4n) is 4.53. The molecule has 2 fully saturated rings. The SMILES string of the molecule is O=C(c1ccc2c(c1)CCCC2)N1CCC2(CC1)OCCC[C@H]2O. The van der Waals surface area contributed by atoms with E-state index in [-0.39, 0.29) is 12.0 Å². The molecule has 2 aliphatic heterocycles. The van der Waals surface area contributed by atoms with Crippen molar-refractivity contribution < 1.29 is 14.6 Å². The first-order chi connectivity index (χ1) is 11.7. The molecular weight excluding hydrogens is 302 g/mol. The summed E-state index contributed by atoms with van der Waals surface area (Å²) in [6.45, 7) is 2.08. The summed E-state index contributed by atoms with van der Waals surface area (Å²) in [4.78, 5) is 14.8. The van der Waals surface area contributed by atoms with Gasteiger partial charge in [-0.05, 0) is 74.6 Å². The summed E-state index contributed by atoms with van der Waals surface area (Å²) in [6.07, 6.45) is 7.58. The minimum atomic E-state index is -0.412. The summed E-state index contributed by atoms with van der Waals surface area (Å²) >= 11 is 0. The predicted molar refractivity (Wildman–Crippen MR) is 92.1 cm³/mol. The molecule has 4 heteroatoms. The van der Waals surface area contributed by atoms with E-state index in [1.807, 2.05) is 11.0 Å². The Balaban J connectivity index is 1.45. The fourth-order valence-corrected chi connectivity index (χ4v) is 4.53. The zero-order valence-electron chi connectivity index (χ0n) is 14.3. The normalized spacial score (nSPS) is 26.2. The summed E-state index contributed by atoms with van der Waals surface area (Å²) in [5.74, 6) is 0.128. The zero-order valence-corrected chi connectivity index (χ0v) is 14.3. The summed E-state index contributed by atoms with van der Waals surface area (Å²) in [6, 6.07) is 6.23. The zero-order chi connectivity index (χ0) is 16.6. The van der Waals surface area contributed by atoms with Gasteiger partial charge in [0.15, 0.2) is 0 Å². The number of carbonyl (C=O) groups is 1. The number of likely N-dealkylation sites (tertiary alicyclic amines) is 1. The summed E-state index contributed by atoms with van der Waals surface area (Å²) in [5, 5.41) is 10.3. The van der Waals surface area contributed by atoms with Crippen molar-refractivity contribution in [3.05, 3.63) is 34.9 Å². The van der Waals surface area contributed by atoms with E-state index in [0.717, 1.165) is 50.7 Å². The Bertz CT molecular complexity index is 619. The van der Waals surface area contributed by atoms with E-state index in [4.69, 9.17) is 4.74 Å². The lowest BCUT2D eigenvalue weighted by Crippen LogP contribution is -2.56. The molecule has 1 amide bonds. The molecule has 0 unspecified atom stereocenters. The molecular formula is C20H27NO3. The van der Waals surface area contributed by atoms with Gasteiger partial charge >= 0.3 is 0 Å². The largest absolute Gasteiger partial charge is 0.390 e. The predicted octanol–water partition coefficient (Wildman–Crippen LogP) is 2.71. The summed E-state index contributed by atoms with van der Waals surface area (Å²) in [7, 11) is 0. The Hall–Kier alpha value is -1.39. The molecule has 4 rings (SSSR count). The number of ether oxygens (including phenoxy) is 1. The number of aliphatic hydroxyl groups is 1. The van der Waals surface area contributed by atoms with Crippen LogP contribution in [0, 0.1) is 0 Å². The topological polar surface area (TPSA) is 49.8 Å². The molecule has 1 aromatic rings.